The lowest BCUT2D eigenvalue weighted by Crippen LogP contribution is -2.38. The van der Waals surface area contributed by atoms with Crippen LogP contribution in [0.2, 0.25) is 0 Å². The standard InChI is InChI=1S/C29H30N6O2/c1-18-4-6-20(7-5-18)25-9-8-21(12-19(25)2)29(37)35-11-10-24(17-35)33-28(36)26-13-22(14-31-27(26)30)23-15-32-34(3)16-23/h4-9,12-16,24H,10-11,17H2,1-3H3,(H2,30,31)(H,33,36)/t24-/m1/s1. The van der Waals surface area contributed by atoms with Gasteiger partial charge in [0, 0.05) is 55.3 Å². The number of pyridine rings is 1. The van der Waals surface area contributed by atoms with Gasteiger partial charge in [0.25, 0.3) is 11.8 Å². The molecule has 8 nitrogen and oxygen atoms in total. The molecular weight excluding hydrogens is 464 g/mol. The minimum absolute atomic E-state index is 0.0324. The Morgan fingerprint density at radius 2 is 1.78 bits per heavy atom. The maximum atomic E-state index is 13.2. The molecule has 4 aromatic rings. The van der Waals surface area contributed by atoms with Gasteiger partial charge in [-0.1, -0.05) is 35.9 Å². The van der Waals surface area contributed by atoms with Crippen LogP contribution in [0.1, 0.15) is 38.3 Å². The zero-order chi connectivity index (χ0) is 26.1. The third kappa shape index (κ3) is 5.09. The molecule has 188 valence electrons. The van der Waals surface area contributed by atoms with Crippen LogP contribution in [-0.4, -0.2) is 50.6 Å². The van der Waals surface area contributed by atoms with Gasteiger partial charge in [-0.2, -0.15) is 5.10 Å². The maximum Gasteiger partial charge on any atom is 0.255 e. The largest absolute Gasteiger partial charge is 0.383 e. The Balaban J connectivity index is 1.25. The Bertz CT molecular complexity index is 1470. The lowest BCUT2D eigenvalue weighted by Gasteiger charge is -2.18. The summed E-state index contributed by atoms with van der Waals surface area (Å²) in [5.41, 5.74) is 13.1. The number of nitrogen functional groups attached to an aromatic ring is 1. The van der Waals surface area contributed by atoms with Crippen LogP contribution in [0.4, 0.5) is 5.82 Å². The molecule has 1 atom stereocenters. The molecule has 5 rings (SSSR count). The highest BCUT2D eigenvalue weighted by Gasteiger charge is 2.29. The number of hydrogen-bond acceptors (Lipinski definition) is 5. The minimum Gasteiger partial charge on any atom is -0.383 e. The summed E-state index contributed by atoms with van der Waals surface area (Å²) in [5.74, 6) is -0.163. The minimum atomic E-state index is -0.298. The number of carbonyl (C=O) groups is 2. The summed E-state index contributed by atoms with van der Waals surface area (Å²) < 4.78 is 1.69. The van der Waals surface area contributed by atoms with Crippen molar-refractivity contribution in [1.82, 2.24) is 25.0 Å². The van der Waals surface area contributed by atoms with Crippen molar-refractivity contribution < 1.29 is 9.59 Å². The van der Waals surface area contributed by atoms with Crippen LogP contribution < -0.4 is 11.1 Å². The average molecular weight is 495 g/mol. The van der Waals surface area contributed by atoms with Crippen LogP contribution in [0, 0.1) is 13.8 Å². The summed E-state index contributed by atoms with van der Waals surface area (Å²) >= 11 is 0. The second-order valence-corrected chi connectivity index (χ2v) is 9.67. The van der Waals surface area contributed by atoms with E-state index in [1.807, 2.05) is 38.4 Å². The van der Waals surface area contributed by atoms with Crippen LogP contribution in [0.25, 0.3) is 22.3 Å². The number of hydrogen-bond donors (Lipinski definition) is 2. The molecule has 1 aliphatic heterocycles. The van der Waals surface area contributed by atoms with E-state index < -0.39 is 0 Å². The van der Waals surface area contributed by atoms with E-state index in [4.69, 9.17) is 5.73 Å². The zero-order valence-electron chi connectivity index (χ0n) is 21.2. The van der Waals surface area contributed by atoms with Crippen molar-refractivity contribution in [3.8, 4) is 22.3 Å². The number of aromatic nitrogens is 3. The smallest absolute Gasteiger partial charge is 0.255 e. The number of carbonyl (C=O) groups excluding carboxylic acids is 2. The first kappa shape index (κ1) is 24.2. The van der Waals surface area contributed by atoms with Gasteiger partial charge < -0.3 is 16.0 Å². The van der Waals surface area contributed by atoms with E-state index in [0.717, 1.165) is 27.8 Å². The molecule has 2 aromatic carbocycles. The molecule has 0 spiro atoms. The van der Waals surface area contributed by atoms with Gasteiger partial charge in [-0.25, -0.2) is 4.98 Å². The Hall–Kier alpha value is -4.46. The van der Waals surface area contributed by atoms with Crippen LogP contribution in [0.3, 0.4) is 0 Å². The van der Waals surface area contributed by atoms with Crippen molar-refractivity contribution in [3.63, 3.8) is 0 Å². The number of aryl methyl sites for hydroxylation is 3. The molecule has 3 N–H and O–H groups in total. The number of nitrogens with one attached hydrogen (secondary N) is 1. The molecular formula is C29H30N6O2. The molecule has 2 amide bonds. The molecule has 2 aromatic heterocycles. The molecule has 0 saturated carbocycles. The number of likely N-dealkylation sites (tertiary alicyclic amines) is 1. The van der Waals surface area contributed by atoms with Crippen LogP contribution in [0.5, 0.6) is 0 Å². The average Bonchev–Trinajstić information content (AvgIpc) is 3.53. The fourth-order valence-corrected chi connectivity index (χ4v) is 4.75. The molecule has 1 aliphatic rings. The highest BCUT2D eigenvalue weighted by molar-refractivity contribution is 6.00. The fraction of sp³-hybridized carbons (Fsp3) is 0.241. The molecule has 0 bridgehead atoms. The number of benzene rings is 2. The molecule has 0 aliphatic carbocycles. The summed E-state index contributed by atoms with van der Waals surface area (Å²) in [6.07, 6.45) is 5.87. The number of rotatable bonds is 5. The van der Waals surface area contributed by atoms with E-state index in [1.165, 1.54) is 5.56 Å². The van der Waals surface area contributed by atoms with Crippen molar-refractivity contribution >= 4 is 17.6 Å². The van der Waals surface area contributed by atoms with E-state index in [1.54, 1.807) is 28.0 Å². The van der Waals surface area contributed by atoms with E-state index in [-0.39, 0.29) is 23.7 Å². The van der Waals surface area contributed by atoms with Gasteiger partial charge in [0.1, 0.15) is 5.82 Å². The maximum absolute atomic E-state index is 13.2. The molecule has 37 heavy (non-hydrogen) atoms. The predicted molar refractivity (Wildman–Crippen MR) is 144 cm³/mol. The number of anilines is 1. The first-order valence-electron chi connectivity index (χ1n) is 12.3. The van der Waals surface area contributed by atoms with E-state index in [9.17, 15) is 9.59 Å². The summed E-state index contributed by atoms with van der Waals surface area (Å²) in [6.45, 7) is 5.11. The quantitative estimate of drug-likeness (QED) is 0.436. The highest BCUT2D eigenvalue weighted by Crippen LogP contribution is 2.26. The number of amides is 2. The molecule has 0 unspecified atom stereocenters. The Morgan fingerprint density at radius 1 is 1.00 bits per heavy atom. The summed E-state index contributed by atoms with van der Waals surface area (Å²) in [4.78, 5) is 32.3. The number of nitrogens with zero attached hydrogens (tertiary/aromatic N) is 4. The lowest BCUT2D eigenvalue weighted by atomic mass is 9.97. The molecule has 1 fully saturated rings. The van der Waals surface area contributed by atoms with Crippen molar-refractivity contribution in [2.75, 3.05) is 18.8 Å². The van der Waals surface area contributed by atoms with Gasteiger partial charge in [0.05, 0.1) is 11.8 Å². The van der Waals surface area contributed by atoms with E-state index in [0.29, 0.717) is 30.6 Å². The molecule has 3 heterocycles. The van der Waals surface area contributed by atoms with Gasteiger partial charge >= 0.3 is 0 Å². The van der Waals surface area contributed by atoms with Gasteiger partial charge in [-0.3, -0.25) is 14.3 Å². The van der Waals surface area contributed by atoms with Gasteiger partial charge in [-0.05, 0) is 55.2 Å². The SMILES string of the molecule is Cc1ccc(-c2ccc(C(=O)N3CC[C@@H](NC(=O)c4cc(-c5cnn(C)c5)cnc4N)C3)cc2C)cc1. The first-order valence-corrected chi connectivity index (χ1v) is 12.3. The predicted octanol–water partition coefficient (Wildman–Crippen LogP) is 3.99. The molecule has 0 radical (unpaired) electrons. The van der Waals surface area contributed by atoms with Crippen molar-refractivity contribution in [2.45, 2.75) is 26.3 Å². The van der Waals surface area contributed by atoms with Gasteiger partial charge in [-0.15, -0.1) is 0 Å². The van der Waals surface area contributed by atoms with Crippen LogP contribution >= 0.6 is 0 Å². The lowest BCUT2D eigenvalue weighted by molar-refractivity contribution is 0.0783. The third-order valence-corrected chi connectivity index (χ3v) is 6.85. The third-order valence-electron chi connectivity index (χ3n) is 6.85. The number of nitrogens with two attached hydrogens (primary N) is 1. The van der Waals surface area contributed by atoms with Crippen molar-refractivity contribution in [1.29, 1.82) is 0 Å². The van der Waals surface area contributed by atoms with E-state index >= 15 is 0 Å². The topological polar surface area (TPSA) is 106 Å². The monoisotopic (exact) mass is 494 g/mol. The second kappa shape index (κ2) is 9.89. The summed E-state index contributed by atoms with van der Waals surface area (Å²) in [6, 6.07) is 15.8. The Morgan fingerprint density at radius 3 is 2.49 bits per heavy atom. The van der Waals surface area contributed by atoms with Gasteiger partial charge in [0.15, 0.2) is 0 Å². The van der Waals surface area contributed by atoms with Crippen LogP contribution in [-0.2, 0) is 7.05 Å². The Labute approximate surface area is 216 Å². The fourth-order valence-electron chi connectivity index (χ4n) is 4.75. The highest BCUT2D eigenvalue weighted by atomic mass is 16.2. The van der Waals surface area contributed by atoms with Crippen LogP contribution in [0.15, 0.2) is 67.1 Å². The molecule has 1 saturated heterocycles. The second-order valence-electron chi connectivity index (χ2n) is 9.67. The molecule has 8 heteroatoms. The zero-order valence-corrected chi connectivity index (χ0v) is 21.2. The van der Waals surface area contributed by atoms with Crippen molar-refractivity contribution in [2.24, 2.45) is 7.05 Å². The van der Waals surface area contributed by atoms with Gasteiger partial charge in [0.2, 0.25) is 0 Å². The Kier molecular flexibility index (Phi) is 6.48. The first-order chi connectivity index (χ1) is 17.8. The van der Waals surface area contributed by atoms with E-state index in [2.05, 4.69) is 46.6 Å². The normalized spacial score (nSPS) is 15.1. The van der Waals surface area contributed by atoms with Crippen molar-refractivity contribution in [3.05, 3.63) is 89.4 Å². The summed E-state index contributed by atoms with van der Waals surface area (Å²) in [7, 11) is 1.83. The summed E-state index contributed by atoms with van der Waals surface area (Å²) in [5, 5.41) is 7.20.